The molecule has 0 aromatic carbocycles. The standard InChI is InChI=1S/C7H6N2.ClH.H2O/c1-2-5-9-6-4-8-7(9)3-1;;/h1-6H;1H;1H2. The predicted octanol–water partition coefficient (Wildman–Crippen LogP) is -3.07. The number of rotatable bonds is 0. The molecule has 0 saturated carbocycles. The Morgan fingerprint density at radius 3 is 2.73 bits per heavy atom. The zero-order valence-electron chi connectivity index (χ0n) is 5.79. The lowest BCUT2D eigenvalue weighted by Gasteiger charge is -1.78. The van der Waals surface area contributed by atoms with Gasteiger partial charge < -0.3 is 17.9 Å². The van der Waals surface area contributed by atoms with Gasteiger partial charge in [-0.1, -0.05) is 6.07 Å². The fourth-order valence-electron chi connectivity index (χ4n) is 0.911. The minimum atomic E-state index is 0. The molecule has 60 valence electrons. The number of hydrogen-bond donors (Lipinski definition) is 1. The topological polar surface area (TPSA) is 51.4 Å². The summed E-state index contributed by atoms with van der Waals surface area (Å²) in [5.41, 5.74) is 1.12. The Hall–Kier alpha value is -1.06. The van der Waals surface area contributed by atoms with Crippen LogP contribution < -0.4 is 16.8 Å². The summed E-state index contributed by atoms with van der Waals surface area (Å²) in [6.07, 6.45) is 5.90. The first-order valence-corrected chi connectivity index (χ1v) is 2.90. The molecule has 2 rings (SSSR count). The molecule has 0 fully saturated rings. The van der Waals surface area contributed by atoms with E-state index in [1.165, 1.54) is 0 Å². The van der Waals surface area contributed by atoms with Crippen molar-refractivity contribution in [1.82, 2.24) is 4.98 Å². The molecule has 2 aromatic rings. The van der Waals surface area contributed by atoms with Gasteiger partial charge in [-0.25, -0.2) is 9.38 Å². The van der Waals surface area contributed by atoms with Gasteiger partial charge >= 0.3 is 0 Å². The smallest absolute Gasteiger partial charge is 0.283 e. The molecule has 3 nitrogen and oxygen atoms in total. The highest BCUT2D eigenvalue weighted by atomic mass is 35.5. The molecule has 0 unspecified atom stereocenters. The van der Waals surface area contributed by atoms with Crippen molar-refractivity contribution in [3.63, 3.8) is 0 Å². The van der Waals surface area contributed by atoms with Gasteiger partial charge in [0.2, 0.25) is 0 Å². The first kappa shape index (κ1) is 9.94. The molecule has 11 heavy (non-hydrogen) atoms. The van der Waals surface area contributed by atoms with Crippen LogP contribution in [0.25, 0.3) is 5.65 Å². The van der Waals surface area contributed by atoms with E-state index in [1.807, 2.05) is 41.2 Å². The van der Waals surface area contributed by atoms with Crippen LogP contribution in [0.15, 0.2) is 36.8 Å². The molecule has 2 heterocycles. The third kappa shape index (κ3) is 1.69. The number of nitrogens with one attached hydrogen (secondary N) is 1. The molecule has 0 radical (unpaired) electrons. The van der Waals surface area contributed by atoms with Gasteiger partial charge in [-0.05, 0) is 6.07 Å². The summed E-state index contributed by atoms with van der Waals surface area (Å²) in [6.45, 7) is 0. The molecule has 4 heteroatoms. The summed E-state index contributed by atoms with van der Waals surface area (Å²) in [4.78, 5) is 3.08. The van der Waals surface area contributed by atoms with Gasteiger partial charge in [-0.3, -0.25) is 0 Å². The van der Waals surface area contributed by atoms with Crippen molar-refractivity contribution in [2.24, 2.45) is 0 Å². The minimum Gasteiger partial charge on any atom is -1.00 e. The lowest BCUT2D eigenvalue weighted by Crippen LogP contribution is -3.00. The van der Waals surface area contributed by atoms with Crippen LogP contribution in [0.1, 0.15) is 0 Å². The van der Waals surface area contributed by atoms with Crippen molar-refractivity contribution in [3.05, 3.63) is 36.8 Å². The molecule has 0 spiro atoms. The minimum absolute atomic E-state index is 0. The van der Waals surface area contributed by atoms with Crippen molar-refractivity contribution in [2.45, 2.75) is 0 Å². The maximum atomic E-state index is 3.08. The van der Waals surface area contributed by atoms with Gasteiger partial charge in [-0.15, -0.1) is 0 Å². The number of halogens is 1. The molecule has 0 aliphatic rings. The second-order valence-electron chi connectivity index (χ2n) is 1.95. The summed E-state index contributed by atoms with van der Waals surface area (Å²) in [7, 11) is 0. The van der Waals surface area contributed by atoms with Crippen LogP contribution in [0.4, 0.5) is 0 Å². The van der Waals surface area contributed by atoms with Crippen molar-refractivity contribution < 1.29 is 22.3 Å². The molecule has 0 aliphatic carbocycles. The monoisotopic (exact) mass is 172 g/mol. The Balaban J connectivity index is 0.000000500. The SMILES string of the molecule is O.[Cl-].c1cc[n+]2cc[nH]c2c1. The lowest BCUT2D eigenvalue weighted by molar-refractivity contribution is -0.509. The van der Waals surface area contributed by atoms with E-state index >= 15 is 0 Å². The number of imidazole rings is 1. The summed E-state index contributed by atoms with van der Waals surface area (Å²) in [5.74, 6) is 0. The fraction of sp³-hybridized carbons (Fsp3) is 0. The van der Waals surface area contributed by atoms with Crippen LogP contribution in [-0.2, 0) is 0 Å². The molecule has 0 saturated heterocycles. The number of nitrogens with zero attached hydrogens (tertiary/aromatic N) is 1. The first-order chi connectivity index (χ1) is 4.47. The van der Waals surface area contributed by atoms with Crippen LogP contribution in [0.2, 0.25) is 0 Å². The summed E-state index contributed by atoms with van der Waals surface area (Å²) in [6, 6.07) is 6.03. The number of aromatic amines is 1. The summed E-state index contributed by atoms with van der Waals surface area (Å²) < 4.78 is 2.03. The average molecular weight is 173 g/mol. The fourth-order valence-corrected chi connectivity index (χ4v) is 0.911. The van der Waals surface area contributed by atoms with Crippen LogP contribution in [-0.4, -0.2) is 10.5 Å². The molecule has 0 aliphatic heterocycles. The molecule has 3 N–H and O–H groups in total. The first-order valence-electron chi connectivity index (χ1n) is 2.90. The van der Waals surface area contributed by atoms with Gasteiger partial charge in [0.1, 0.15) is 12.4 Å². The highest BCUT2D eigenvalue weighted by Gasteiger charge is 1.94. The van der Waals surface area contributed by atoms with Gasteiger partial charge in [0.15, 0.2) is 0 Å². The van der Waals surface area contributed by atoms with E-state index in [0.717, 1.165) is 5.65 Å². The Morgan fingerprint density at radius 2 is 2.00 bits per heavy atom. The van der Waals surface area contributed by atoms with Crippen molar-refractivity contribution in [3.8, 4) is 0 Å². The van der Waals surface area contributed by atoms with Crippen LogP contribution in [0, 0.1) is 0 Å². The lowest BCUT2D eigenvalue weighted by atomic mass is 10.5. The zero-order valence-corrected chi connectivity index (χ0v) is 6.55. The van der Waals surface area contributed by atoms with Gasteiger partial charge in [-0.2, -0.15) is 0 Å². The highest BCUT2D eigenvalue weighted by molar-refractivity contribution is 5.26. The maximum Gasteiger partial charge on any atom is 0.283 e. The number of aromatic nitrogens is 2. The van der Waals surface area contributed by atoms with Crippen LogP contribution in [0.3, 0.4) is 0 Å². The Labute approximate surface area is 70.4 Å². The molecule has 2 aromatic heterocycles. The third-order valence-electron chi connectivity index (χ3n) is 1.36. The quantitative estimate of drug-likeness (QED) is 0.411. The Morgan fingerprint density at radius 1 is 1.18 bits per heavy atom. The second-order valence-corrected chi connectivity index (χ2v) is 1.95. The summed E-state index contributed by atoms with van der Waals surface area (Å²) in [5, 5.41) is 0. The van der Waals surface area contributed by atoms with E-state index in [-0.39, 0.29) is 17.9 Å². The molecular formula is C7H9ClN2O. The number of H-pyrrole nitrogens is 1. The molecular weight excluding hydrogens is 164 g/mol. The normalized spacial score (nSPS) is 8.36. The van der Waals surface area contributed by atoms with Crippen LogP contribution in [0.5, 0.6) is 0 Å². The number of fused-ring (bicyclic) bond motifs is 1. The largest absolute Gasteiger partial charge is 1.00 e. The van der Waals surface area contributed by atoms with Gasteiger partial charge in [0, 0.05) is 6.07 Å². The predicted molar refractivity (Wildman–Crippen MR) is 37.6 cm³/mol. The van der Waals surface area contributed by atoms with Gasteiger partial charge in [0.25, 0.3) is 5.65 Å². The van der Waals surface area contributed by atoms with E-state index in [4.69, 9.17) is 0 Å². The summed E-state index contributed by atoms with van der Waals surface area (Å²) >= 11 is 0. The van der Waals surface area contributed by atoms with E-state index in [0.29, 0.717) is 0 Å². The van der Waals surface area contributed by atoms with E-state index in [2.05, 4.69) is 4.98 Å². The number of hydrogen-bond acceptors (Lipinski definition) is 0. The van der Waals surface area contributed by atoms with Crippen molar-refractivity contribution >= 4 is 5.65 Å². The highest BCUT2D eigenvalue weighted by Crippen LogP contribution is 1.87. The van der Waals surface area contributed by atoms with Crippen LogP contribution >= 0.6 is 0 Å². The third-order valence-corrected chi connectivity index (χ3v) is 1.36. The van der Waals surface area contributed by atoms with E-state index in [1.54, 1.807) is 0 Å². The van der Waals surface area contributed by atoms with Gasteiger partial charge in [0.05, 0.1) is 6.20 Å². The maximum absolute atomic E-state index is 3.08. The van der Waals surface area contributed by atoms with E-state index < -0.39 is 0 Å². The van der Waals surface area contributed by atoms with Crippen molar-refractivity contribution in [1.29, 1.82) is 0 Å². The van der Waals surface area contributed by atoms with E-state index in [9.17, 15) is 0 Å². The molecule has 0 amide bonds. The Kier molecular flexibility index (Phi) is 3.57. The molecule has 0 atom stereocenters. The molecule has 0 bridgehead atoms. The Bertz CT molecular complexity index is 290. The average Bonchev–Trinajstić information content (AvgIpc) is 2.33. The number of pyridine rings is 1. The zero-order chi connectivity index (χ0) is 6.10. The van der Waals surface area contributed by atoms with Crippen molar-refractivity contribution in [2.75, 3.05) is 0 Å². The second kappa shape index (κ2) is 3.95.